The number of benzene rings is 2. The summed E-state index contributed by atoms with van der Waals surface area (Å²) in [5, 5.41) is 10.6. The lowest BCUT2D eigenvalue weighted by atomic mass is 9.99. The van der Waals surface area contributed by atoms with Gasteiger partial charge in [-0.15, -0.1) is 0 Å². The monoisotopic (exact) mass is 481 g/mol. The number of carbonyl (C=O) groups excluding carboxylic acids is 3. The smallest absolute Gasteiger partial charge is 0.329 e. The van der Waals surface area contributed by atoms with E-state index in [4.69, 9.17) is 21.5 Å². The molecule has 0 saturated carbocycles. The second-order valence-electron chi connectivity index (χ2n) is 7.07. The fourth-order valence-corrected chi connectivity index (χ4v) is 3.35. The Morgan fingerprint density at radius 3 is 2.38 bits per heavy atom. The van der Waals surface area contributed by atoms with E-state index in [0.29, 0.717) is 17.0 Å². The summed E-state index contributed by atoms with van der Waals surface area (Å²) in [4.78, 5) is 37.0. The molecule has 2 rings (SSSR count). The zero-order chi connectivity index (χ0) is 23.9. The number of primary sulfonamides is 1. The van der Waals surface area contributed by atoms with Crippen LogP contribution in [0, 0.1) is 5.92 Å². The van der Waals surface area contributed by atoms with E-state index in [-0.39, 0.29) is 16.5 Å². The van der Waals surface area contributed by atoms with Crippen LogP contribution in [0.4, 0.5) is 5.69 Å². The van der Waals surface area contributed by atoms with Gasteiger partial charge in [-0.3, -0.25) is 9.59 Å². The van der Waals surface area contributed by atoms with Gasteiger partial charge in [-0.2, -0.15) is 0 Å². The Morgan fingerprint density at radius 1 is 1.12 bits per heavy atom. The molecule has 0 fully saturated rings. The van der Waals surface area contributed by atoms with Gasteiger partial charge in [-0.1, -0.05) is 37.9 Å². The van der Waals surface area contributed by atoms with E-state index in [1.807, 2.05) is 6.92 Å². The third kappa shape index (κ3) is 7.33. The van der Waals surface area contributed by atoms with Gasteiger partial charge < -0.3 is 15.4 Å². The molecule has 0 spiro atoms. The molecule has 0 unspecified atom stereocenters. The first-order chi connectivity index (χ1) is 15.0. The van der Waals surface area contributed by atoms with Crippen molar-refractivity contribution in [2.45, 2.75) is 31.2 Å². The van der Waals surface area contributed by atoms with E-state index >= 15 is 0 Å². The number of hydrogen-bond acceptors (Lipinski definition) is 6. The number of halogens is 1. The first kappa shape index (κ1) is 25.3. The van der Waals surface area contributed by atoms with Crippen molar-refractivity contribution in [1.82, 2.24) is 5.32 Å². The van der Waals surface area contributed by atoms with Crippen molar-refractivity contribution in [3.05, 3.63) is 59.1 Å². The van der Waals surface area contributed by atoms with Gasteiger partial charge in [-0.05, 0) is 48.4 Å². The predicted molar refractivity (Wildman–Crippen MR) is 120 cm³/mol. The van der Waals surface area contributed by atoms with Crippen molar-refractivity contribution in [1.29, 1.82) is 0 Å². The number of esters is 1. The number of carbonyl (C=O) groups is 3. The van der Waals surface area contributed by atoms with E-state index < -0.39 is 40.5 Å². The Hall–Kier alpha value is -2.95. The first-order valence-corrected chi connectivity index (χ1v) is 11.6. The number of rotatable bonds is 9. The third-order valence-electron chi connectivity index (χ3n) is 4.65. The van der Waals surface area contributed by atoms with Gasteiger partial charge in [0, 0.05) is 16.3 Å². The van der Waals surface area contributed by atoms with E-state index in [1.54, 1.807) is 19.1 Å². The van der Waals surface area contributed by atoms with Gasteiger partial charge in [0.05, 0.1) is 4.90 Å². The predicted octanol–water partition coefficient (Wildman–Crippen LogP) is 2.31. The summed E-state index contributed by atoms with van der Waals surface area (Å²) in [5.41, 5.74) is 0.495. The molecular formula is C21H24ClN3O6S. The number of anilines is 1. The van der Waals surface area contributed by atoms with Gasteiger partial charge in [0.2, 0.25) is 10.0 Å². The Kier molecular flexibility index (Phi) is 8.76. The highest BCUT2D eigenvalue weighted by Gasteiger charge is 2.28. The highest BCUT2D eigenvalue weighted by molar-refractivity contribution is 7.89. The number of hydrogen-bond donors (Lipinski definition) is 3. The van der Waals surface area contributed by atoms with Crippen molar-refractivity contribution in [3.63, 3.8) is 0 Å². The fraction of sp³-hybridized carbons (Fsp3) is 0.286. The summed E-state index contributed by atoms with van der Waals surface area (Å²) in [6.45, 7) is 3.00. The number of nitrogens with two attached hydrogens (primary N) is 1. The maximum Gasteiger partial charge on any atom is 0.329 e. The molecule has 2 atom stereocenters. The normalized spacial score (nSPS) is 13.0. The molecule has 2 aromatic carbocycles. The standard InChI is InChI=1S/C21H24ClN3O6S/c1-3-13(2)19(25-20(27)14-7-9-15(22)10-8-14)21(28)31-12-18(26)24-16-5-4-6-17(11-16)32(23,29)30/h4-11,13,19H,3,12H2,1-2H3,(H,24,26)(H,25,27)(H2,23,29,30)/t13-,19-/m0/s1. The Bertz CT molecular complexity index is 1090. The topological polar surface area (TPSA) is 145 Å². The molecule has 9 nitrogen and oxygen atoms in total. The largest absolute Gasteiger partial charge is 0.454 e. The van der Waals surface area contributed by atoms with Gasteiger partial charge in [0.15, 0.2) is 6.61 Å². The molecule has 172 valence electrons. The molecular weight excluding hydrogens is 458 g/mol. The van der Waals surface area contributed by atoms with Crippen molar-refractivity contribution in [3.8, 4) is 0 Å². The first-order valence-electron chi connectivity index (χ1n) is 9.67. The number of amides is 2. The molecule has 0 heterocycles. The van der Waals surface area contributed by atoms with Gasteiger partial charge in [0.25, 0.3) is 11.8 Å². The maximum atomic E-state index is 12.6. The molecule has 32 heavy (non-hydrogen) atoms. The zero-order valence-electron chi connectivity index (χ0n) is 17.5. The van der Waals surface area contributed by atoms with Crippen LogP contribution in [0.3, 0.4) is 0 Å². The quantitative estimate of drug-likeness (QED) is 0.468. The fourth-order valence-electron chi connectivity index (χ4n) is 2.67. The van der Waals surface area contributed by atoms with Crippen LogP contribution in [0.15, 0.2) is 53.4 Å². The van der Waals surface area contributed by atoms with Crippen LogP contribution in [0.1, 0.15) is 30.6 Å². The lowest BCUT2D eigenvalue weighted by molar-refractivity contribution is -0.150. The Labute approximate surface area is 191 Å². The van der Waals surface area contributed by atoms with Gasteiger partial charge in [-0.25, -0.2) is 18.4 Å². The molecule has 0 saturated heterocycles. The molecule has 0 bridgehead atoms. The number of ether oxygens (including phenoxy) is 1. The summed E-state index contributed by atoms with van der Waals surface area (Å²) in [6, 6.07) is 10.5. The minimum Gasteiger partial charge on any atom is -0.454 e. The maximum absolute atomic E-state index is 12.6. The Balaban J connectivity index is 2.00. The summed E-state index contributed by atoms with van der Waals surface area (Å²) < 4.78 is 27.9. The van der Waals surface area contributed by atoms with E-state index in [1.165, 1.54) is 36.4 Å². The minimum absolute atomic E-state index is 0.172. The van der Waals surface area contributed by atoms with Gasteiger partial charge in [0.1, 0.15) is 6.04 Å². The molecule has 0 radical (unpaired) electrons. The molecule has 0 aliphatic heterocycles. The molecule has 0 aliphatic rings. The molecule has 0 aromatic heterocycles. The van der Waals surface area contributed by atoms with Crippen LogP contribution in [0.2, 0.25) is 5.02 Å². The molecule has 2 aromatic rings. The van der Waals surface area contributed by atoms with Crippen LogP contribution in [-0.4, -0.2) is 38.9 Å². The van der Waals surface area contributed by atoms with Crippen molar-refractivity contribution >= 4 is 45.1 Å². The van der Waals surface area contributed by atoms with Crippen LogP contribution in [0.25, 0.3) is 0 Å². The average molecular weight is 482 g/mol. The van der Waals surface area contributed by atoms with E-state index in [0.717, 1.165) is 0 Å². The summed E-state index contributed by atoms with van der Waals surface area (Å²) in [6.07, 6.45) is 0.577. The summed E-state index contributed by atoms with van der Waals surface area (Å²) in [7, 11) is -3.93. The summed E-state index contributed by atoms with van der Waals surface area (Å²) >= 11 is 5.83. The second kappa shape index (κ2) is 11.1. The molecule has 0 aliphatic carbocycles. The Morgan fingerprint density at radius 2 is 1.78 bits per heavy atom. The lowest BCUT2D eigenvalue weighted by Gasteiger charge is -2.22. The SMILES string of the molecule is CC[C@H](C)[C@H](NC(=O)c1ccc(Cl)cc1)C(=O)OCC(=O)Nc1cccc(S(N)(=O)=O)c1. The average Bonchev–Trinajstić information content (AvgIpc) is 2.75. The zero-order valence-corrected chi connectivity index (χ0v) is 19.1. The van der Waals surface area contributed by atoms with Gasteiger partial charge >= 0.3 is 5.97 Å². The highest BCUT2D eigenvalue weighted by Crippen LogP contribution is 2.15. The number of nitrogens with one attached hydrogen (secondary N) is 2. The van der Waals surface area contributed by atoms with Crippen molar-refractivity contribution in [2.75, 3.05) is 11.9 Å². The molecule has 2 amide bonds. The number of sulfonamides is 1. The summed E-state index contributed by atoms with van der Waals surface area (Å²) in [5.74, 6) is -2.19. The third-order valence-corrected chi connectivity index (χ3v) is 5.81. The van der Waals surface area contributed by atoms with Crippen molar-refractivity contribution < 1.29 is 27.5 Å². The second-order valence-corrected chi connectivity index (χ2v) is 9.07. The van der Waals surface area contributed by atoms with E-state index in [2.05, 4.69) is 10.6 Å². The molecule has 4 N–H and O–H groups in total. The van der Waals surface area contributed by atoms with Crippen LogP contribution in [0.5, 0.6) is 0 Å². The molecule has 11 heteroatoms. The lowest BCUT2D eigenvalue weighted by Crippen LogP contribution is -2.46. The van der Waals surface area contributed by atoms with Crippen LogP contribution >= 0.6 is 11.6 Å². The highest BCUT2D eigenvalue weighted by atomic mass is 35.5. The van der Waals surface area contributed by atoms with Crippen LogP contribution < -0.4 is 15.8 Å². The van der Waals surface area contributed by atoms with E-state index in [9.17, 15) is 22.8 Å². The van der Waals surface area contributed by atoms with Crippen molar-refractivity contribution in [2.24, 2.45) is 11.1 Å². The van der Waals surface area contributed by atoms with Crippen LogP contribution in [-0.2, 0) is 24.3 Å². The minimum atomic E-state index is -3.93.